The zero-order valence-corrected chi connectivity index (χ0v) is 24.1. The number of benzene rings is 2. The summed E-state index contributed by atoms with van der Waals surface area (Å²) >= 11 is 0. The van der Waals surface area contributed by atoms with Crippen molar-refractivity contribution in [1.82, 2.24) is 15.2 Å². The lowest BCUT2D eigenvalue weighted by molar-refractivity contribution is -0.150. The summed E-state index contributed by atoms with van der Waals surface area (Å²) in [6, 6.07) is 17.4. The Bertz CT molecular complexity index is 1370. The second-order valence-corrected chi connectivity index (χ2v) is 9.01. The lowest BCUT2D eigenvalue weighted by Crippen LogP contribution is -2.18. The normalized spacial score (nSPS) is 13.8. The van der Waals surface area contributed by atoms with Gasteiger partial charge in [-0.2, -0.15) is 5.10 Å². The van der Waals surface area contributed by atoms with E-state index in [1.165, 1.54) is 0 Å². The first-order valence-corrected chi connectivity index (χ1v) is 13.7. The van der Waals surface area contributed by atoms with Gasteiger partial charge in [-0.25, -0.2) is 4.98 Å². The number of hydrogen-bond acceptors (Lipinski definition) is 7. The van der Waals surface area contributed by atoms with Gasteiger partial charge in [0, 0.05) is 30.1 Å². The molecule has 0 bridgehead atoms. The highest BCUT2D eigenvalue weighted by Crippen LogP contribution is 2.27. The number of rotatable bonds is 8. The minimum Gasteiger partial charge on any atom is -0.497 e. The molecule has 2 heterocycles. The van der Waals surface area contributed by atoms with E-state index < -0.39 is 0 Å². The first-order valence-electron chi connectivity index (χ1n) is 13.7. The highest BCUT2D eigenvalue weighted by atomic mass is 16.5. The van der Waals surface area contributed by atoms with Crippen LogP contribution in [0.3, 0.4) is 0 Å². The molecule has 0 saturated carbocycles. The lowest BCUT2D eigenvalue weighted by atomic mass is 9.95. The number of anilines is 1. The third kappa shape index (κ3) is 8.33. The molecule has 0 saturated heterocycles. The summed E-state index contributed by atoms with van der Waals surface area (Å²) in [7, 11) is 3.29. The molecule has 0 aliphatic heterocycles. The maximum absolute atomic E-state index is 11.7. The fourth-order valence-corrected chi connectivity index (χ4v) is 4.28. The zero-order chi connectivity index (χ0) is 28.7. The number of aryl methyl sites for hydroxylation is 1. The molecular formula is C32H40N4O4. The molecule has 1 aliphatic rings. The Labute approximate surface area is 236 Å². The number of carbonyl (C=O) groups excluding carboxylic acids is 1. The second-order valence-electron chi connectivity index (χ2n) is 9.01. The maximum atomic E-state index is 11.7. The number of nitrogens with zero attached hydrogens (tertiary/aromatic N) is 2. The molecule has 8 heteroatoms. The maximum Gasteiger partial charge on any atom is 0.309 e. The van der Waals surface area contributed by atoms with Crippen LogP contribution < -0.4 is 14.8 Å². The van der Waals surface area contributed by atoms with Crippen molar-refractivity contribution in [3.63, 3.8) is 0 Å². The van der Waals surface area contributed by atoms with Crippen LogP contribution in [0.25, 0.3) is 10.9 Å². The first kappa shape index (κ1) is 30.2. The van der Waals surface area contributed by atoms with Crippen LogP contribution in [0.4, 0.5) is 5.82 Å². The summed E-state index contributed by atoms with van der Waals surface area (Å²) in [5.74, 6) is 2.36. The van der Waals surface area contributed by atoms with Crippen molar-refractivity contribution in [1.29, 1.82) is 0 Å². The number of fused-ring (bicyclic) bond motifs is 1. The average Bonchev–Trinajstić information content (AvgIpc) is 3.42. The zero-order valence-electron chi connectivity index (χ0n) is 24.1. The van der Waals surface area contributed by atoms with Crippen LogP contribution in [0.15, 0.2) is 72.9 Å². The number of methoxy groups -OCH3 is 2. The molecule has 1 atom stereocenters. The number of ether oxygens (including phenoxy) is 3. The number of hydrogen-bond donors (Lipinski definition) is 2. The number of carbonyl (C=O) groups is 1. The third-order valence-electron chi connectivity index (χ3n) is 6.41. The van der Waals surface area contributed by atoms with Gasteiger partial charge in [0.05, 0.1) is 31.0 Å². The van der Waals surface area contributed by atoms with E-state index in [-0.39, 0.29) is 11.9 Å². The minimum absolute atomic E-state index is 0.0618. The van der Waals surface area contributed by atoms with Gasteiger partial charge in [-0.05, 0) is 49.9 Å². The van der Waals surface area contributed by atoms with Crippen molar-refractivity contribution in [2.24, 2.45) is 5.92 Å². The van der Waals surface area contributed by atoms with Crippen LogP contribution in [0.2, 0.25) is 0 Å². The third-order valence-corrected chi connectivity index (χ3v) is 6.41. The summed E-state index contributed by atoms with van der Waals surface area (Å²) in [4.78, 5) is 16.1. The van der Waals surface area contributed by atoms with Crippen LogP contribution in [0.5, 0.6) is 11.5 Å². The monoisotopic (exact) mass is 544 g/mol. The van der Waals surface area contributed by atoms with Gasteiger partial charge in [-0.1, -0.05) is 56.3 Å². The van der Waals surface area contributed by atoms with Crippen molar-refractivity contribution in [3.8, 4) is 11.5 Å². The number of pyridine rings is 1. The van der Waals surface area contributed by atoms with Crippen molar-refractivity contribution in [2.75, 3.05) is 19.5 Å². The molecule has 1 aliphatic carbocycles. The van der Waals surface area contributed by atoms with Crippen LogP contribution in [0, 0.1) is 12.8 Å². The largest absolute Gasteiger partial charge is 0.497 e. The standard InChI is InChI=1S/C16H18N4O2.C14H16O2.C2H6/c1-10-15-13(20-19-10)6-7-17-16(15)18-9-11-4-5-12(21-2)8-14(11)22-3;15-14(13-9-5-2-6-10-13)16-11-12-7-3-1-4-8-12;1-2/h4-8H,9H2,1-3H3,(H,17,18)(H,19,20);1-5,7-8,13H,6,9-11H2;1-2H3. The molecule has 1 unspecified atom stereocenters. The van der Waals surface area contributed by atoms with Gasteiger partial charge >= 0.3 is 5.97 Å². The highest BCUT2D eigenvalue weighted by Gasteiger charge is 2.20. The molecule has 212 valence electrons. The van der Waals surface area contributed by atoms with Crippen molar-refractivity contribution >= 4 is 22.7 Å². The molecule has 2 aromatic carbocycles. The summed E-state index contributed by atoms with van der Waals surface area (Å²) < 4.78 is 15.9. The Morgan fingerprint density at radius 2 is 1.85 bits per heavy atom. The topological polar surface area (TPSA) is 98.4 Å². The summed E-state index contributed by atoms with van der Waals surface area (Å²) in [5.41, 5.74) is 3.97. The molecular weight excluding hydrogens is 504 g/mol. The first-order chi connectivity index (χ1) is 19.6. The number of aromatic amines is 1. The van der Waals surface area contributed by atoms with E-state index >= 15 is 0 Å². The Kier molecular flexibility index (Phi) is 12.0. The Morgan fingerprint density at radius 1 is 1.05 bits per heavy atom. The predicted octanol–water partition coefficient (Wildman–Crippen LogP) is 7.01. The lowest BCUT2D eigenvalue weighted by Gasteiger charge is -2.16. The summed E-state index contributed by atoms with van der Waals surface area (Å²) in [6.45, 7) is 6.97. The van der Waals surface area contributed by atoms with Gasteiger partial charge in [0.15, 0.2) is 0 Å². The van der Waals surface area contributed by atoms with E-state index in [4.69, 9.17) is 14.2 Å². The van der Waals surface area contributed by atoms with E-state index in [9.17, 15) is 4.79 Å². The molecule has 2 aromatic heterocycles. The number of H-pyrrole nitrogens is 1. The van der Waals surface area contributed by atoms with Gasteiger partial charge in [0.1, 0.15) is 23.9 Å². The van der Waals surface area contributed by atoms with Gasteiger partial charge in [0.2, 0.25) is 0 Å². The number of allylic oxidation sites excluding steroid dienone is 2. The fourth-order valence-electron chi connectivity index (χ4n) is 4.28. The van der Waals surface area contributed by atoms with Gasteiger partial charge < -0.3 is 19.5 Å². The minimum atomic E-state index is -0.0618. The van der Waals surface area contributed by atoms with Crippen LogP contribution in [-0.2, 0) is 22.7 Å². The number of aromatic nitrogens is 3. The van der Waals surface area contributed by atoms with Crippen molar-refractivity contribution in [3.05, 3.63) is 89.8 Å². The predicted molar refractivity (Wildman–Crippen MR) is 160 cm³/mol. The fraction of sp³-hybridized carbons (Fsp3) is 0.344. The molecule has 40 heavy (non-hydrogen) atoms. The van der Waals surface area contributed by atoms with E-state index in [1.807, 2.05) is 75.4 Å². The molecule has 5 rings (SSSR count). The average molecular weight is 545 g/mol. The molecule has 0 spiro atoms. The van der Waals surface area contributed by atoms with E-state index in [2.05, 4.69) is 32.7 Å². The summed E-state index contributed by atoms with van der Waals surface area (Å²) in [6.07, 6.45) is 8.68. The van der Waals surface area contributed by atoms with Crippen LogP contribution >= 0.6 is 0 Å². The van der Waals surface area contributed by atoms with Gasteiger partial charge in [0.25, 0.3) is 0 Å². The quantitative estimate of drug-likeness (QED) is 0.182. The van der Waals surface area contributed by atoms with E-state index in [1.54, 1.807) is 20.4 Å². The number of esters is 1. The Morgan fingerprint density at radius 3 is 2.55 bits per heavy atom. The van der Waals surface area contributed by atoms with Crippen molar-refractivity contribution in [2.45, 2.75) is 53.2 Å². The molecule has 8 nitrogen and oxygen atoms in total. The van der Waals surface area contributed by atoms with Crippen molar-refractivity contribution < 1.29 is 19.0 Å². The van der Waals surface area contributed by atoms with Gasteiger partial charge in [-0.3, -0.25) is 9.89 Å². The molecule has 0 fully saturated rings. The molecule has 0 amide bonds. The molecule has 4 aromatic rings. The Hall–Kier alpha value is -4.33. The number of nitrogens with one attached hydrogen (secondary N) is 2. The smallest absolute Gasteiger partial charge is 0.309 e. The highest BCUT2D eigenvalue weighted by molar-refractivity contribution is 5.91. The second kappa shape index (κ2) is 15.9. The Balaban J connectivity index is 0.000000217. The summed E-state index contributed by atoms with van der Waals surface area (Å²) in [5, 5.41) is 11.6. The molecule has 2 N–H and O–H groups in total. The SMILES string of the molecule is CC.COc1ccc(CNc2nccc3n[nH]c(C)c23)c(OC)c1.O=C(OCc1ccccc1)C1CC=CCC1. The van der Waals surface area contributed by atoms with E-state index in [0.29, 0.717) is 13.2 Å². The van der Waals surface area contributed by atoms with Crippen LogP contribution in [-0.4, -0.2) is 35.4 Å². The van der Waals surface area contributed by atoms with Gasteiger partial charge in [-0.15, -0.1) is 0 Å². The van der Waals surface area contributed by atoms with E-state index in [0.717, 1.165) is 64.3 Å². The molecule has 0 radical (unpaired) electrons. The van der Waals surface area contributed by atoms with Crippen LogP contribution in [0.1, 0.15) is 49.9 Å².